The van der Waals surface area contributed by atoms with Crippen LogP contribution in [0, 0.1) is 23.7 Å². The van der Waals surface area contributed by atoms with Gasteiger partial charge in [-0.15, -0.1) is 17.8 Å². The molecule has 0 spiro atoms. The zero-order chi connectivity index (χ0) is 9.52. The summed E-state index contributed by atoms with van der Waals surface area (Å²) in [5.41, 5.74) is 0. The summed E-state index contributed by atoms with van der Waals surface area (Å²) in [6.45, 7) is 0.160. The van der Waals surface area contributed by atoms with Crippen LogP contribution in [-0.2, 0) is 4.84 Å². The van der Waals surface area contributed by atoms with Crippen molar-refractivity contribution in [1.82, 2.24) is 0 Å². The molecule has 0 saturated carbocycles. The molecule has 4 heteroatoms. The highest BCUT2D eigenvalue weighted by atomic mass is 32.1. The summed E-state index contributed by atoms with van der Waals surface area (Å²) in [6, 6.07) is 5.56. The number of hydrogen-bond donors (Lipinski definition) is 0. The maximum Gasteiger partial charge on any atom is 0.177 e. The molecule has 0 aliphatic carbocycles. The smallest absolute Gasteiger partial charge is 0.177 e. The van der Waals surface area contributed by atoms with Gasteiger partial charge in [-0.3, -0.25) is 0 Å². The van der Waals surface area contributed by atoms with Crippen molar-refractivity contribution in [3.8, 4) is 18.4 Å². The van der Waals surface area contributed by atoms with Gasteiger partial charge in [0.1, 0.15) is 10.9 Å². The largest absolute Gasteiger partial charge is 0.383 e. The Morgan fingerprint density at radius 1 is 1.69 bits per heavy atom. The molecule has 0 unspecified atom stereocenters. The highest BCUT2D eigenvalue weighted by Crippen LogP contribution is 2.12. The van der Waals surface area contributed by atoms with Crippen molar-refractivity contribution in [2.24, 2.45) is 5.16 Å². The Morgan fingerprint density at radius 2 is 2.54 bits per heavy atom. The molecule has 64 valence electrons. The molecule has 0 fully saturated rings. The molecule has 0 radical (unpaired) electrons. The third-order valence-electron chi connectivity index (χ3n) is 1.14. The van der Waals surface area contributed by atoms with E-state index >= 15 is 0 Å². The van der Waals surface area contributed by atoms with Crippen molar-refractivity contribution in [2.45, 2.75) is 0 Å². The van der Waals surface area contributed by atoms with Crippen LogP contribution in [0.25, 0.3) is 0 Å². The van der Waals surface area contributed by atoms with Gasteiger partial charge in [0.25, 0.3) is 0 Å². The Kier molecular flexibility index (Phi) is 3.56. The molecule has 0 N–H and O–H groups in total. The minimum absolute atomic E-state index is 0.160. The van der Waals surface area contributed by atoms with E-state index in [0.717, 1.165) is 4.88 Å². The van der Waals surface area contributed by atoms with E-state index in [1.165, 1.54) is 17.6 Å². The maximum atomic E-state index is 8.52. The monoisotopic (exact) mass is 190 g/mol. The molecule has 0 aliphatic rings. The van der Waals surface area contributed by atoms with Crippen LogP contribution in [0.1, 0.15) is 9.75 Å². The summed E-state index contributed by atoms with van der Waals surface area (Å²) in [6.07, 6.45) is 6.47. The number of hydrogen-bond acceptors (Lipinski definition) is 4. The van der Waals surface area contributed by atoms with Crippen molar-refractivity contribution in [3.05, 3.63) is 21.9 Å². The Labute approximate surface area is 80.3 Å². The molecular weight excluding hydrogens is 184 g/mol. The van der Waals surface area contributed by atoms with Crippen molar-refractivity contribution >= 4 is 17.6 Å². The predicted molar refractivity (Wildman–Crippen MR) is 51.4 cm³/mol. The number of nitriles is 1. The number of oxime groups is 1. The van der Waals surface area contributed by atoms with Gasteiger partial charge < -0.3 is 4.84 Å². The maximum absolute atomic E-state index is 8.52. The summed E-state index contributed by atoms with van der Waals surface area (Å²) in [5.74, 6) is 2.29. The van der Waals surface area contributed by atoms with Gasteiger partial charge in [0.2, 0.25) is 0 Å². The van der Waals surface area contributed by atoms with Gasteiger partial charge in [-0.2, -0.15) is 5.26 Å². The van der Waals surface area contributed by atoms with Gasteiger partial charge in [0.15, 0.2) is 6.61 Å². The van der Waals surface area contributed by atoms with E-state index in [-0.39, 0.29) is 6.61 Å². The van der Waals surface area contributed by atoms with Crippen molar-refractivity contribution in [3.63, 3.8) is 0 Å². The quantitative estimate of drug-likeness (QED) is 0.314. The lowest BCUT2D eigenvalue weighted by Gasteiger charge is -1.87. The Hall–Kier alpha value is -1.78. The van der Waals surface area contributed by atoms with Crippen molar-refractivity contribution in [2.75, 3.05) is 6.61 Å². The first-order chi connectivity index (χ1) is 6.36. The first kappa shape index (κ1) is 9.31. The molecule has 0 amide bonds. The van der Waals surface area contributed by atoms with E-state index in [4.69, 9.17) is 11.7 Å². The van der Waals surface area contributed by atoms with Crippen molar-refractivity contribution in [1.29, 1.82) is 5.26 Å². The first-order valence-corrected chi connectivity index (χ1v) is 4.27. The fraction of sp³-hybridized carbons (Fsp3) is 0.111. The van der Waals surface area contributed by atoms with Crippen LogP contribution in [-0.4, -0.2) is 12.8 Å². The van der Waals surface area contributed by atoms with Gasteiger partial charge in [-0.05, 0) is 12.1 Å². The van der Waals surface area contributed by atoms with Crippen LogP contribution >= 0.6 is 11.3 Å². The lowest BCUT2D eigenvalue weighted by Crippen LogP contribution is -1.82. The van der Waals surface area contributed by atoms with Crippen LogP contribution < -0.4 is 0 Å². The number of rotatable bonds is 3. The van der Waals surface area contributed by atoms with E-state index in [9.17, 15) is 0 Å². The number of thiophene rings is 1. The summed E-state index contributed by atoms with van der Waals surface area (Å²) < 4.78 is 0. The summed E-state index contributed by atoms with van der Waals surface area (Å²) in [5, 5.41) is 12.1. The van der Waals surface area contributed by atoms with Gasteiger partial charge >= 0.3 is 0 Å². The highest BCUT2D eigenvalue weighted by molar-refractivity contribution is 7.14. The van der Waals surface area contributed by atoms with E-state index in [1.54, 1.807) is 12.1 Å². The lowest BCUT2D eigenvalue weighted by molar-refractivity contribution is 0.182. The Balaban J connectivity index is 2.51. The molecule has 13 heavy (non-hydrogen) atoms. The molecule has 0 saturated heterocycles. The number of nitrogens with zero attached hydrogens (tertiary/aromatic N) is 2. The third kappa shape index (κ3) is 2.98. The van der Waals surface area contributed by atoms with Crippen molar-refractivity contribution < 1.29 is 4.84 Å². The molecule has 1 aromatic heterocycles. The standard InChI is InChI=1S/C9H6N2OS/c1-2-5-12-11-7-9-4-3-8(6-10)13-9/h1,3-4,7H,5H2/b11-7+. The average Bonchev–Trinajstić information content (AvgIpc) is 2.60. The first-order valence-electron chi connectivity index (χ1n) is 3.45. The second-order valence-electron chi connectivity index (χ2n) is 2.03. The average molecular weight is 190 g/mol. The predicted octanol–water partition coefficient (Wildman–Crippen LogP) is 1.60. The van der Waals surface area contributed by atoms with Crippen LogP contribution in [0.5, 0.6) is 0 Å². The van der Waals surface area contributed by atoms with Gasteiger partial charge in [0, 0.05) is 0 Å². The van der Waals surface area contributed by atoms with E-state index in [2.05, 4.69) is 15.9 Å². The lowest BCUT2D eigenvalue weighted by atomic mass is 10.4. The van der Waals surface area contributed by atoms with E-state index in [1.807, 2.05) is 6.07 Å². The van der Waals surface area contributed by atoms with Crippen LogP contribution in [0.3, 0.4) is 0 Å². The minimum atomic E-state index is 0.160. The van der Waals surface area contributed by atoms with Gasteiger partial charge in [-0.25, -0.2) is 0 Å². The zero-order valence-electron chi connectivity index (χ0n) is 6.73. The molecule has 0 bridgehead atoms. The molecule has 3 nitrogen and oxygen atoms in total. The third-order valence-corrected chi connectivity index (χ3v) is 2.06. The topological polar surface area (TPSA) is 45.4 Å². The second-order valence-corrected chi connectivity index (χ2v) is 3.14. The summed E-state index contributed by atoms with van der Waals surface area (Å²) in [4.78, 5) is 6.21. The van der Waals surface area contributed by atoms with E-state index in [0.29, 0.717) is 4.88 Å². The molecule has 1 aromatic rings. The molecular formula is C9H6N2OS. The molecule has 0 aromatic carbocycles. The summed E-state index contributed by atoms with van der Waals surface area (Å²) >= 11 is 1.35. The normalized spacial score (nSPS) is 9.38. The van der Waals surface area contributed by atoms with Crippen LogP contribution in [0.2, 0.25) is 0 Å². The van der Waals surface area contributed by atoms with E-state index < -0.39 is 0 Å². The van der Waals surface area contributed by atoms with Crippen LogP contribution in [0.15, 0.2) is 17.3 Å². The zero-order valence-corrected chi connectivity index (χ0v) is 7.54. The molecule has 1 rings (SSSR count). The molecule has 1 heterocycles. The molecule has 0 aliphatic heterocycles. The SMILES string of the molecule is C#CCO/N=C/c1ccc(C#N)s1. The van der Waals surface area contributed by atoms with Gasteiger partial charge in [0.05, 0.1) is 11.1 Å². The molecule has 0 atom stereocenters. The Morgan fingerprint density at radius 3 is 3.15 bits per heavy atom. The highest BCUT2D eigenvalue weighted by Gasteiger charge is 1.94. The van der Waals surface area contributed by atoms with Gasteiger partial charge in [-0.1, -0.05) is 11.1 Å². The fourth-order valence-corrected chi connectivity index (χ4v) is 1.31. The Bertz CT molecular complexity index is 381. The minimum Gasteiger partial charge on any atom is -0.383 e. The fourth-order valence-electron chi connectivity index (χ4n) is 0.646. The summed E-state index contributed by atoms with van der Waals surface area (Å²) in [7, 11) is 0. The number of terminal acetylenes is 1. The second kappa shape index (κ2) is 4.97. The van der Waals surface area contributed by atoms with Crippen LogP contribution in [0.4, 0.5) is 0 Å².